The van der Waals surface area contributed by atoms with Gasteiger partial charge < -0.3 is 9.47 Å². The van der Waals surface area contributed by atoms with Gasteiger partial charge in [-0.1, -0.05) is 48.5 Å². The quantitative estimate of drug-likeness (QED) is 0.489. The smallest absolute Gasteiger partial charge is 0.361 e. The zero-order valence-corrected chi connectivity index (χ0v) is 15.7. The number of aromatic nitrogens is 3. The zero-order valence-electron chi connectivity index (χ0n) is 15.7. The summed E-state index contributed by atoms with van der Waals surface area (Å²) in [6.45, 7) is 1.97. The predicted octanol–water partition coefficient (Wildman–Crippen LogP) is 4.52. The van der Waals surface area contributed by atoms with Gasteiger partial charge in [-0.25, -0.2) is 9.18 Å². The van der Waals surface area contributed by atoms with Crippen LogP contribution in [0.3, 0.4) is 0 Å². The molecule has 0 aliphatic carbocycles. The Hall–Kier alpha value is -3.74. The molecule has 6 nitrogen and oxygen atoms in total. The summed E-state index contributed by atoms with van der Waals surface area (Å²) in [6, 6.07) is 17.8. The van der Waals surface area contributed by atoms with E-state index in [4.69, 9.17) is 9.47 Å². The van der Waals surface area contributed by atoms with E-state index in [1.165, 1.54) is 6.07 Å². The molecule has 0 atom stereocenters. The molecule has 1 aromatic heterocycles. The van der Waals surface area contributed by atoms with Crippen molar-refractivity contribution in [1.29, 1.82) is 0 Å². The van der Waals surface area contributed by atoms with Gasteiger partial charge in [-0.2, -0.15) is 10.3 Å². The van der Waals surface area contributed by atoms with E-state index in [1.807, 2.05) is 30.3 Å². The summed E-state index contributed by atoms with van der Waals surface area (Å²) in [6.07, 6.45) is 0. The first-order chi connectivity index (χ1) is 14.2. The van der Waals surface area contributed by atoms with Crippen LogP contribution in [0.1, 0.15) is 23.0 Å². The lowest BCUT2D eigenvalue weighted by Crippen LogP contribution is -2.07. The highest BCUT2D eigenvalue weighted by atomic mass is 19.1. The standard InChI is InChI=1S/C22H18FN3O3/c1-2-28-22(27)21-20(24-26-25-21)19-16-9-5-3-7-14(16)11-12-18(19)29-13-15-8-4-6-10-17(15)23/h3-12H,2,13H2,1H3,(H,24,25,26). The van der Waals surface area contributed by atoms with Gasteiger partial charge in [0.25, 0.3) is 0 Å². The molecule has 0 fully saturated rings. The third-order valence-corrected chi connectivity index (χ3v) is 4.49. The summed E-state index contributed by atoms with van der Waals surface area (Å²) in [7, 11) is 0. The second-order valence-electron chi connectivity index (χ2n) is 6.28. The maximum absolute atomic E-state index is 14.0. The second kappa shape index (κ2) is 8.10. The van der Waals surface area contributed by atoms with Crippen LogP contribution in [-0.2, 0) is 11.3 Å². The molecule has 0 saturated carbocycles. The average Bonchev–Trinajstić information content (AvgIpc) is 3.22. The third kappa shape index (κ3) is 3.67. The van der Waals surface area contributed by atoms with Gasteiger partial charge in [0.2, 0.25) is 0 Å². The van der Waals surface area contributed by atoms with Crippen LogP contribution < -0.4 is 4.74 Å². The molecule has 3 aromatic carbocycles. The molecule has 0 radical (unpaired) electrons. The SMILES string of the molecule is CCOC(=O)c1n[nH]nc1-c1c(OCc2ccccc2F)ccc2ccccc12. The largest absolute Gasteiger partial charge is 0.488 e. The number of fused-ring (bicyclic) bond motifs is 1. The first-order valence-corrected chi connectivity index (χ1v) is 9.15. The highest BCUT2D eigenvalue weighted by molar-refractivity contribution is 6.04. The molecule has 0 saturated heterocycles. The Balaban J connectivity index is 1.82. The van der Waals surface area contributed by atoms with E-state index >= 15 is 0 Å². The van der Waals surface area contributed by atoms with Crippen molar-refractivity contribution in [2.75, 3.05) is 6.61 Å². The van der Waals surface area contributed by atoms with E-state index in [0.717, 1.165) is 10.8 Å². The molecule has 4 rings (SSSR count). The van der Waals surface area contributed by atoms with Crippen LogP contribution in [0.2, 0.25) is 0 Å². The summed E-state index contributed by atoms with van der Waals surface area (Å²) in [5.74, 6) is -0.459. The average molecular weight is 391 g/mol. The molecule has 0 aliphatic heterocycles. The van der Waals surface area contributed by atoms with E-state index in [9.17, 15) is 9.18 Å². The van der Waals surface area contributed by atoms with Gasteiger partial charge in [0.15, 0.2) is 5.69 Å². The van der Waals surface area contributed by atoms with Crippen molar-refractivity contribution in [2.24, 2.45) is 0 Å². The summed E-state index contributed by atoms with van der Waals surface area (Å²) < 4.78 is 25.1. The highest BCUT2D eigenvalue weighted by Gasteiger charge is 2.24. The number of benzene rings is 3. The van der Waals surface area contributed by atoms with E-state index in [1.54, 1.807) is 31.2 Å². The van der Waals surface area contributed by atoms with Gasteiger partial charge in [0, 0.05) is 5.56 Å². The fraction of sp³-hybridized carbons (Fsp3) is 0.136. The van der Waals surface area contributed by atoms with Gasteiger partial charge >= 0.3 is 5.97 Å². The van der Waals surface area contributed by atoms with Crippen molar-refractivity contribution in [1.82, 2.24) is 15.4 Å². The zero-order chi connectivity index (χ0) is 20.2. The number of carbonyl (C=O) groups is 1. The summed E-state index contributed by atoms with van der Waals surface area (Å²) in [5.41, 5.74) is 1.41. The molecule has 146 valence electrons. The van der Waals surface area contributed by atoms with Crippen LogP contribution in [0.5, 0.6) is 5.75 Å². The van der Waals surface area contributed by atoms with Gasteiger partial charge in [-0.05, 0) is 29.8 Å². The van der Waals surface area contributed by atoms with Crippen molar-refractivity contribution >= 4 is 16.7 Å². The molecular formula is C22H18FN3O3. The van der Waals surface area contributed by atoms with Crippen molar-refractivity contribution in [3.05, 3.63) is 77.7 Å². The number of rotatable bonds is 6. The van der Waals surface area contributed by atoms with Gasteiger partial charge in [-0.3, -0.25) is 0 Å². The van der Waals surface area contributed by atoms with Crippen molar-refractivity contribution in [3.63, 3.8) is 0 Å². The fourth-order valence-electron chi connectivity index (χ4n) is 3.13. The Labute approximate surface area is 166 Å². The Morgan fingerprint density at radius 1 is 1.03 bits per heavy atom. The second-order valence-corrected chi connectivity index (χ2v) is 6.28. The van der Waals surface area contributed by atoms with Crippen LogP contribution in [0.4, 0.5) is 4.39 Å². The molecule has 0 aliphatic rings. The van der Waals surface area contributed by atoms with E-state index < -0.39 is 5.97 Å². The number of nitrogens with one attached hydrogen (secondary N) is 1. The van der Waals surface area contributed by atoms with Crippen molar-refractivity contribution in [2.45, 2.75) is 13.5 Å². The van der Waals surface area contributed by atoms with Crippen molar-refractivity contribution < 1.29 is 18.7 Å². The van der Waals surface area contributed by atoms with E-state index in [2.05, 4.69) is 15.4 Å². The molecule has 4 aromatic rings. The van der Waals surface area contributed by atoms with E-state index in [0.29, 0.717) is 22.6 Å². The first-order valence-electron chi connectivity index (χ1n) is 9.15. The number of carbonyl (C=O) groups excluding carboxylic acids is 1. The molecule has 0 unspecified atom stereocenters. The van der Waals surface area contributed by atoms with Gasteiger partial charge in [0.05, 0.1) is 12.2 Å². The fourth-order valence-corrected chi connectivity index (χ4v) is 3.13. The Bertz CT molecular complexity index is 1170. The lowest BCUT2D eigenvalue weighted by atomic mass is 9.99. The molecule has 0 amide bonds. The minimum Gasteiger partial charge on any atom is -0.488 e. The minimum atomic E-state index is -0.579. The number of aromatic amines is 1. The number of hydrogen-bond donors (Lipinski definition) is 1. The maximum atomic E-state index is 14.0. The van der Waals surface area contributed by atoms with Crippen LogP contribution >= 0.6 is 0 Å². The maximum Gasteiger partial charge on any atom is 0.361 e. The number of esters is 1. The number of hydrogen-bond acceptors (Lipinski definition) is 5. The summed E-state index contributed by atoms with van der Waals surface area (Å²) >= 11 is 0. The highest BCUT2D eigenvalue weighted by Crippen LogP contribution is 2.37. The summed E-state index contributed by atoms with van der Waals surface area (Å²) in [4.78, 5) is 12.3. The van der Waals surface area contributed by atoms with E-state index in [-0.39, 0.29) is 24.7 Å². The van der Waals surface area contributed by atoms with Gasteiger partial charge in [0.1, 0.15) is 23.9 Å². The van der Waals surface area contributed by atoms with Crippen LogP contribution in [0.15, 0.2) is 60.7 Å². The molecule has 0 bridgehead atoms. The van der Waals surface area contributed by atoms with Gasteiger partial charge in [-0.15, -0.1) is 5.10 Å². The van der Waals surface area contributed by atoms with Crippen LogP contribution in [0.25, 0.3) is 22.0 Å². The minimum absolute atomic E-state index is 0.0323. The van der Waals surface area contributed by atoms with Crippen LogP contribution in [0, 0.1) is 5.82 Å². The predicted molar refractivity (Wildman–Crippen MR) is 106 cm³/mol. The molecule has 7 heteroatoms. The molecule has 29 heavy (non-hydrogen) atoms. The molecule has 0 spiro atoms. The molecule has 1 heterocycles. The Kier molecular flexibility index (Phi) is 5.20. The summed E-state index contributed by atoms with van der Waals surface area (Å²) in [5, 5.41) is 12.4. The Morgan fingerprint density at radius 2 is 1.83 bits per heavy atom. The first kappa shape index (κ1) is 18.6. The number of H-pyrrole nitrogens is 1. The number of ether oxygens (including phenoxy) is 2. The number of nitrogens with zero attached hydrogens (tertiary/aromatic N) is 2. The third-order valence-electron chi connectivity index (χ3n) is 4.49. The van der Waals surface area contributed by atoms with Crippen LogP contribution in [-0.4, -0.2) is 28.0 Å². The number of halogens is 1. The molecular weight excluding hydrogens is 373 g/mol. The normalized spacial score (nSPS) is 10.8. The molecule has 1 N–H and O–H groups in total. The topological polar surface area (TPSA) is 77.1 Å². The lowest BCUT2D eigenvalue weighted by Gasteiger charge is -2.14. The monoisotopic (exact) mass is 391 g/mol. The Morgan fingerprint density at radius 3 is 2.66 bits per heavy atom. The lowest BCUT2D eigenvalue weighted by molar-refractivity contribution is 0.0520. The van der Waals surface area contributed by atoms with Crippen molar-refractivity contribution in [3.8, 4) is 17.0 Å².